The Balaban J connectivity index is 1.80. The minimum Gasteiger partial charge on any atom is -0.324 e. The molecule has 124 valence electrons. The van der Waals surface area contributed by atoms with E-state index in [2.05, 4.69) is 5.32 Å². The molecule has 0 heterocycles. The molecule has 5 heteroatoms. The summed E-state index contributed by atoms with van der Waals surface area (Å²) in [5.74, 6) is 0.267. The number of anilines is 2. The average molecular weight is 343 g/mol. The maximum Gasteiger partial charge on any atom is 0.258 e. The van der Waals surface area contributed by atoms with Crippen LogP contribution in [0.4, 0.5) is 11.4 Å². The zero-order valence-corrected chi connectivity index (χ0v) is 14.4. The summed E-state index contributed by atoms with van der Waals surface area (Å²) >= 11 is 6.16. The fourth-order valence-corrected chi connectivity index (χ4v) is 2.79. The van der Waals surface area contributed by atoms with Gasteiger partial charge in [0.25, 0.3) is 5.91 Å². The van der Waals surface area contributed by atoms with E-state index in [4.69, 9.17) is 11.6 Å². The molecule has 0 radical (unpaired) electrons. The molecule has 0 bridgehead atoms. The molecular formula is C19H19ClN2O2. The van der Waals surface area contributed by atoms with E-state index < -0.39 is 0 Å². The molecule has 1 aliphatic rings. The van der Waals surface area contributed by atoms with Gasteiger partial charge in [-0.3, -0.25) is 9.59 Å². The smallest absolute Gasteiger partial charge is 0.258 e. The highest BCUT2D eigenvalue weighted by Gasteiger charge is 2.39. The largest absolute Gasteiger partial charge is 0.324 e. The molecule has 0 aromatic heterocycles. The first-order valence-electron chi connectivity index (χ1n) is 7.91. The summed E-state index contributed by atoms with van der Waals surface area (Å²) in [6.45, 7) is 2.04. The van der Waals surface area contributed by atoms with Gasteiger partial charge in [0.1, 0.15) is 0 Å². The Morgan fingerprint density at radius 1 is 1.17 bits per heavy atom. The van der Waals surface area contributed by atoms with Gasteiger partial charge in [-0.05, 0) is 42.7 Å². The molecule has 0 aliphatic heterocycles. The fourth-order valence-electron chi connectivity index (χ4n) is 2.63. The number of nitrogens with zero attached hydrogens (tertiary/aromatic N) is 1. The Bertz CT molecular complexity index is 776. The molecule has 2 amide bonds. The number of carbonyl (C=O) groups excluding carboxylic acids is 2. The van der Waals surface area contributed by atoms with Gasteiger partial charge in [-0.1, -0.05) is 36.7 Å². The van der Waals surface area contributed by atoms with Gasteiger partial charge in [0.15, 0.2) is 0 Å². The molecule has 2 aromatic carbocycles. The van der Waals surface area contributed by atoms with E-state index in [1.54, 1.807) is 30.1 Å². The van der Waals surface area contributed by atoms with Crippen molar-refractivity contribution in [1.82, 2.24) is 0 Å². The second kappa shape index (κ2) is 6.65. The minimum absolute atomic E-state index is 0.0367. The summed E-state index contributed by atoms with van der Waals surface area (Å²) in [5.41, 5.74) is 1.76. The molecule has 3 rings (SSSR count). The van der Waals surface area contributed by atoms with Gasteiger partial charge >= 0.3 is 0 Å². The van der Waals surface area contributed by atoms with Crippen molar-refractivity contribution in [2.45, 2.75) is 13.3 Å². The summed E-state index contributed by atoms with van der Waals surface area (Å²) in [6, 6.07) is 14.3. The normalized spacial score (nSPS) is 18.8. The fraction of sp³-hybridized carbons (Fsp3) is 0.263. The van der Waals surface area contributed by atoms with Gasteiger partial charge in [-0.25, -0.2) is 0 Å². The van der Waals surface area contributed by atoms with Crippen molar-refractivity contribution in [2.75, 3.05) is 17.3 Å². The van der Waals surface area contributed by atoms with E-state index >= 15 is 0 Å². The number of rotatable bonds is 4. The number of hydrogen-bond donors (Lipinski definition) is 1. The molecule has 1 saturated carbocycles. The van der Waals surface area contributed by atoms with Crippen molar-refractivity contribution in [3.05, 3.63) is 59.1 Å². The van der Waals surface area contributed by atoms with Crippen molar-refractivity contribution < 1.29 is 9.59 Å². The van der Waals surface area contributed by atoms with Crippen LogP contribution in [-0.2, 0) is 4.79 Å². The number of benzene rings is 2. The summed E-state index contributed by atoms with van der Waals surface area (Å²) < 4.78 is 0. The summed E-state index contributed by atoms with van der Waals surface area (Å²) in [4.78, 5) is 26.3. The Morgan fingerprint density at radius 2 is 1.83 bits per heavy atom. The Morgan fingerprint density at radius 3 is 2.46 bits per heavy atom. The topological polar surface area (TPSA) is 49.4 Å². The van der Waals surface area contributed by atoms with Crippen molar-refractivity contribution in [1.29, 1.82) is 0 Å². The monoisotopic (exact) mass is 342 g/mol. The highest BCUT2D eigenvalue weighted by molar-refractivity contribution is 6.34. The lowest BCUT2D eigenvalue weighted by Gasteiger charge is -2.18. The second-order valence-corrected chi connectivity index (χ2v) is 6.61. The molecule has 24 heavy (non-hydrogen) atoms. The van der Waals surface area contributed by atoms with Gasteiger partial charge in [0.2, 0.25) is 5.91 Å². The number of carbonyl (C=O) groups is 2. The first kappa shape index (κ1) is 16.5. The van der Waals surface area contributed by atoms with Gasteiger partial charge in [-0.2, -0.15) is 0 Å². The van der Waals surface area contributed by atoms with E-state index in [0.29, 0.717) is 22.2 Å². The molecule has 0 spiro atoms. The van der Waals surface area contributed by atoms with E-state index in [9.17, 15) is 9.59 Å². The first-order chi connectivity index (χ1) is 11.5. The summed E-state index contributed by atoms with van der Waals surface area (Å²) in [7, 11) is 1.72. The third-order valence-electron chi connectivity index (χ3n) is 4.37. The van der Waals surface area contributed by atoms with Crippen LogP contribution in [0.3, 0.4) is 0 Å². The van der Waals surface area contributed by atoms with E-state index in [1.807, 2.05) is 37.3 Å². The maximum atomic E-state index is 12.7. The van der Waals surface area contributed by atoms with Crippen LogP contribution in [0.2, 0.25) is 5.02 Å². The van der Waals surface area contributed by atoms with Crippen LogP contribution in [0.1, 0.15) is 23.7 Å². The van der Waals surface area contributed by atoms with Crippen molar-refractivity contribution in [3.8, 4) is 0 Å². The molecule has 4 nitrogen and oxygen atoms in total. The molecule has 1 N–H and O–H groups in total. The summed E-state index contributed by atoms with van der Waals surface area (Å²) in [6.07, 6.45) is 0.902. The minimum atomic E-state index is -0.159. The SMILES string of the molecule is C[C@H]1C[C@H]1C(=O)Nc1cc(C(=O)N(C)c2ccccc2)ccc1Cl. The maximum absolute atomic E-state index is 12.7. The highest BCUT2D eigenvalue weighted by atomic mass is 35.5. The van der Waals surface area contributed by atoms with Gasteiger partial charge in [-0.15, -0.1) is 0 Å². The lowest BCUT2D eigenvalue weighted by atomic mass is 10.1. The molecule has 2 aromatic rings. The molecule has 1 aliphatic carbocycles. The molecular weight excluding hydrogens is 324 g/mol. The number of nitrogens with one attached hydrogen (secondary N) is 1. The van der Waals surface area contributed by atoms with Gasteiger partial charge in [0.05, 0.1) is 10.7 Å². The average Bonchev–Trinajstić information content (AvgIpc) is 3.33. The number of halogens is 1. The third-order valence-corrected chi connectivity index (χ3v) is 4.70. The lowest BCUT2D eigenvalue weighted by Crippen LogP contribution is -2.26. The van der Waals surface area contributed by atoms with Crippen LogP contribution in [0.15, 0.2) is 48.5 Å². The van der Waals surface area contributed by atoms with Gasteiger partial charge in [0, 0.05) is 24.2 Å². The van der Waals surface area contributed by atoms with Crippen LogP contribution >= 0.6 is 11.6 Å². The molecule has 2 atom stereocenters. The molecule has 1 fully saturated rings. The quantitative estimate of drug-likeness (QED) is 0.904. The first-order valence-corrected chi connectivity index (χ1v) is 8.28. The van der Waals surface area contributed by atoms with E-state index in [1.165, 1.54) is 0 Å². The number of amides is 2. The Kier molecular flexibility index (Phi) is 4.58. The van der Waals surface area contributed by atoms with Crippen LogP contribution in [0.5, 0.6) is 0 Å². The van der Waals surface area contributed by atoms with Crippen LogP contribution in [-0.4, -0.2) is 18.9 Å². The van der Waals surface area contributed by atoms with Crippen LogP contribution in [0.25, 0.3) is 0 Å². The van der Waals surface area contributed by atoms with Gasteiger partial charge < -0.3 is 10.2 Å². The second-order valence-electron chi connectivity index (χ2n) is 6.20. The third kappa shape index (κ3) is 3.44. The predicted octanol–water partition coefficient (Wildman–Crippen LogP) is 4.21. The molecule has 0 unspecified atom stereocenters. The van der Waals surface area contributed by atoms with E-state index in [0.717, 1.165) is 12.1 Å². The number of para-hydroxylation sites is 1. The Hall–Kier alpha value is -2.33. The van der Waals surface area contributed by atoms with E-state index in [-0.39, 0.29) is 17.7 Å². The lowest BCUT2D eigenvalue weighted by molar-refractivity contribution is -0.117. The highest BCUT2D eigenvalue weighted by Crippen LogP contribution is 2.39. The number of hydrogen-bond acceptors (Lipinski definition) is 2. The predicted molar refractivity (Wildman–Crippen MR) is 96.5 cm³/mol. The van der Waals surface area contributed by atoms with Crippen molar-refractivity contribution in [3.63, 3.8) is 0 Å². The van der Waals surface area contributed by atoms with Crippen molar-refractivity contribution in [2.24, 2.45) is 11.8 Å². The zero-order chi connectivity index (χ0) is 17.3. The van der Waals surface area contributed by atoms with Crippen molar-refractivity contribution >= 4 is 34.8 Å². The standard InChI is InChI=1S/C19H19ClN2O2/c1-12-10-15(12)18(23)21-17-11-13(8-9-16(17)20)19(24)22(2)14-6-4-3-5-7-14/h3-9,11-12,15H,10H2,1-2H3,(H,21,23)/t12-,15+/m0/s1. The van der Waals surface area contributed by atoms with Crippen LogP contribution < -0.4 is 10.2 Å². The summed E-state index contributed by atoms with van der Waals surface area (Å²) in [5, 5.41) is 3.26. The zero-order valence-electron chi connectivity index (χ0n) is 13.6. The van der Waals surface area contributed by atoms with Crippen LogP contribution in [0, 0.1) is 11.8 Å². The Labute approximate surface area is 146 Å². The molecule has 0 saturated heterocycles.